The van der Waals surface area contributed by atoms with Crippen molar-refractivity contribution in [3.05, 3.63) is 35.4 Å². The minimum absolute atomic E-state index is 0.227. The zero-order chi connectivity index (χ0) is 12.5. The van der Waals surface area contributed by atoms with E-state index in [-0.39, 0.29) is 6.04 Å². The Morgan fingerprint density at radius 2 is 1.65 bits per heavy atom. The highest BCUT2D eigenvalue weighted by atomic mass is 14.7. The van der Waals surface area contributed by atoms with Crippen LogP contribution < -0.4 is 11.5 Å². The van der Waals surface area contributed by atoms with E-state index in [2.05, 4.69) is 31.2 Å². The average molecular weight is 234 g/mol. The maximum absolute atomic E-state index is 5.46. The Balaban J connectivity index is 0.000000185. The molecule has 0 radical (unpaired) electrons. The highest BCUT2D eigenvalue weighted by Gasteiger charge is 2.05. The summed E-state index contributed by atoms with van der Waals surface area (Å²) in [5.41, 5.74) is 13.8. The third kappa shape index (κ3) is 5.33. The largest absolute Gasteiger partial charge is 0.329 e. The van der Waals surface area contributed by atoms with Crippen LogP contribution >= 0.6 is 0 Å². The van der Waals surface area contributed by atoms with Gasteiger partial charge in [0.05, 0.1) is 0 Å². The van der Waals surface area contributed by atoms with Crippen LogP contribution in [0.1, 0.15) is 43.7 Å². The standard InChI is InChI=1S/C10H12.C5H14N2/c1-2-6-10-8-4-3-7-9(10)5-1;1-2-3-5(7)4-6/h1-2,5-6H,3-4,7-8H2;5H,2-4,6-7H2,1H3. The molecule has 1 aromatic rings. The predicted octanol–water partition coefficient (Wildman–Crippen LogP) is 2.64. The molecule has 0 aliphatic heterocycles. The summed E-state index contributed by atoms with van der Waals surface area (Å²) in [6.45, 7) is 2.73. The van der Waals surface area contributed by atoms with E-state index in [1.54, 1.807) is 11.1 Å². The van der Waals surface area contributed by atoms with Crippen molar-refractivity contribution in [3.63, 3.8) is 0 Å². The van der Waals surface area contributed by atoms with E-state index >= 15 is 0 Å². The van der Waals surface area contributed by atoms with Gasteiger partial charge in [0.1, 0.15) is 0 Å². The molecule has 0 spiro atoms. The van der Waals surface area contributed by atoms with Crippen molar-refractivity contribution in [2.45, 2.75) is 51.5 Å². The molecule has 2 nitrogen and oxygen atoms in total. The van der Waals surface area contributed by atoms with Gasteiger partial charge >= 0.3 is 0 Å². The van der Waals surface area contributed by atoms with Crippen LogP contribution in [0.5, 0.6) is 0 Å². The van der Waals surface area contributed by atoms with Crippen LogP contribution in [-0.4, -0.2) is 12.6 Å². The van der Waals surface area contributed by atoms with Crippen LogP contribution in [0.15, 0.2) is 24.3 Å². The van der Waals surface area contributed by atoms with Crippen LogP contribution in [0.25, 0.3) is 0 Å². The van der Waals surface area contributed by atoms with Crippen molar-refractivity contribution >= 4 is 0 Å². The zero-order valence-corrected chi connectivity index (χ0v) is 11.0. The van der Waals surface area contributed by atoms with Gasteiger partial charge in [0, 0.05) is 12.6 Å². The van der Waals surface area contributed by atoms with E-state index < -0.39 is 0 Å². The van der Waals surface area contributed by atoms with Crippen molar-refractivity contribution in [1.82, 2.24) is 0 Å². The number of hydrogen-bond acceptors (Lipinski definition) is 2. The minimum atomic E-state index is 0.227. The lowest BCUT2D eigenvalue weighted by molar-refractivity contribution is 0.612. The first kappa shape index (κ1) is 14.2. The number of aryl methyl sites for hydroxylation is 2. The molecule has 0 heterocycles. The molecule has 1 aromatic carbocycles. The van der Waals surface area contributed by atoms with Crippen LogP contribution in [0.3, 0.4) is 0 Å². The fourth-order valence-corrected chi connectivity index (χ4v) is 2.16. The number of fused-ring (bicyclic) bond motifs is 1. The lowest BCUT2D eigenvalue weighted by Crippen LogP contribution is -2.28. The Hall–Kier alpha value is -0.860. The molecule has 0 bridgehead atoms. The Bertz CT molecular complexity index is 285. The molecule has 1 aliphatic carbocycles. The molecule has 1 unspecified atom stereocenters. The predicted molar refractivity (Wildman–Crippen MR) is 75.0 cm³/mol. The van der Waals surface area contributed by atoms with Crippen molar-refractivity contribution in [1.29, 1.82) is 0 Å². The first-order valence-corrected chi connectivity index (χ1v) is 6.80. The maximum Gasteiger partial charge on any atom is 0.0162 e. The molecule has 0 amide bonds. The summed E-state index contributed by atoms with van der Waals surface area (Å²) in [5.74, 6) is 0. The summed E-state index contributed by atoms with van der Waals surface area (Å²) in [4.78, 5) is 0. The number of rotatable bonds is 3. The van der Waals surface area contributed by atoms with Gasteiger partial charge in [-0.1, -0.05) is 37.6 Å². The lowest BCUT2D eigenvalue weighted by atomic mass is 9.92. The second-order valence-corrected chi connectivity index (χ2v) is 4.76. The van der Waals surface area contributed by atoms with Crippen molar-refractivity contribution < 1.29 is 0 Å². The minimum Gasteiger partial charge on any atom is -0.329 e. The molecule has 96 valence electrons. The molecule has 0 saturated carbocycles. The van der Waals surface area contributed by atoms with Gasteiger partial charge in [0.15, 0.2) is 0 Å². The Morgan fingerprint density at radius 3 is 2.00 bits per heavy atom. The van der Waals surface area contributed by atoms with E-state index in [1.807, 2.05) is 0 Å². The fraction of sp³-hybridized carbons (Fsp3) is 0.600. The Kier molecular flexibility index (Phi) is 6.90. The van der Waals surface area contributed by atoms with Crippen molar-refractivity contribution in [2.24, 2.45) is 11.5 Å². The van der Waals surface area contributed by atoms with E-state index in [4.69, 9.17) is 11.5 Å². The highest BCUT2D eigenvalue weighted by molar-refractivity contribution is 5.28. The van der Waals surface area contributed by atoms with Gasteiger partial charge in [-0.25, -0.2) is 0 Å². The van der Waals surface area contributed by atoms with Gasteiger partial charge in [-0.05, 0) is 43.2 Å². The molecule has 2 heteroatoms. The van der Waals surface area contributed by atoms with E-state index in [0.29, 0.717) is 6.54 Å². The lowest BCUT2D eigenvalue weighted by Gasteiger charge is -2.13. The van der Waals surface area contributed by atoms with E-state index in [0.717, 1.165) is 12.8 Å². The smallest absolute Gasteiger partial charge is 0.0162 e. The fourth-order valence-electron chi connectivity index (χ4n) is 2.16. The molecule has 0 saturated heterocycles. The molecule has 1 aliphatic rings. The van der Waals surface area contributed by atoms with Gasteiger partial charge < -0.3 is 11.5 Å². The van der Waals surface area contributed by atoms with E-state index in [9.17, 15) is 0 Å². The van der Waals surface area contributed by atoms with Crippen LogP contribution in [0.4, 0.5) is 0 Å². The first-order chi connectivity index (χ1) is 8.27. The first-order valence-electron chi connectivity index (χ1n) is 6.80. The van der Waals surface area contributed by atoms with Gasteiger partial charge in [0.25, 0.3) is 0 Å². The summed E-state index contributed by atoms with van der Waals surface area (Å²) in [6, 6.07) is 9.03. The van der Waals surface area contributed by atoms with Crippen molar-refractivity contribution in [2.75, 3.05) is 6.54 Å². The summed E-state index contributed by atoms with van der Waals surface area (Å²) in [7, 11) is 0. The topological polar surface area (TPSA) is 52.0 Å². The molecule has 17 heavy (non-hydrogen) atoms. The second-order valence-electron chi connectivity index (χ2n) is 4.76. The number of hydrogen-bond donors (Lipinski definition) is 2. The summed E-state index contributed by atoms with van der Waals surface area (Å²) < 4.78 is 0. The highest BCUT2D eigenvalue weighted by Crippen LogP contribution is 2.19. The van der Waals surface area contributed by atoms with Crippen LogP contribution in [0, 0.1) is 0 Å². The molecule has 0 aromatic heterocycles. The number of benzene rings is 1. The molecular formula is C15H26N2. The van der Waals surface area contributed by atoms with Gasteiger partial charge in [0.2, 0.25) is 0 Å². The average Bonchev–Trinajstić information content (AvgIpc) is 2.40. The van der Waals surface area contributed by atoms with Crippen molar-refractivity contribution in [3.8, 4) is 0 Å². The quantitative estimate of drug-likeness (QED) is 0.844. The summed E-state index contributed by atoms with van der Waals surface area (Å²) >= 11 is 0. The molecule has 4 N–H and O–H groups in total. The summed E-state index contributed by atoms with van der Waals surface area (Å²) in [6.07, 6.45) is 7.56. The third-order valence-corrected chi connectivity index (χ3v) is 3.22. The zero-order valence-electron chi connectivity index (χ0n) is 11.0. The SMILES string of the molecule is CCCC(N)CN.c1ccc2c(c1)CCCC2. The Labute approximate surface area is 105 Å². The monoisotopic (exact) mass is 234 g/mol. The normalized spacial score (nSPS) is 15.5. The van der Waals surface area contributed by atoms with Gasteiger partial charge in [-0.15, -0.1) is 0 Å². The van der Waals surface area contributed by atoms with Gasteiger partial charge in [-0.2, -0.15) is 0 Å². The molecule has 1 atom stereocenters. The molecule has 0 fully saturated rings. The van der Waals surface area contributed by atoms with Crippen LogP contribution in [-0.2, 0) is 12.8 Å². The Morgan fingerprint density at radius 1 is 1.12 bits per heavy atom. The van der Waals surface area contributed by atoms with Crippen LogP contribution in [0.2, 0.25) is 0 Å². The molecular weight excluding hydrogens is 208 g/mol. The van der Waals surface area contributed by atoms with E-state index in [1.165, 1.54) is 25.7 Å². The molecule has 2 rings (SSSR count). The number of nitrogens with two attached hydrogens (primary N) is 2. The summed E-state index contributed by atoms with van der Waals surface area (Å²) in [5, 5.41) is 0. The third-order valence-electron chi connectivity index (χ3n) is 3.22. The van der Waals surface area contributed by atoms with Gasteiger partial charge in [-0.3, -0.25) is 0 Å². The second kappa shape index (κ2) is 8.26. The maximum atomic E-state index is 5.46.